The van der Waals surface area contributed by atoms with Crippen LogP contribution in [0.25, 0.3) is 6.08 Å². The van der Waals surface area contributed by atoms with Gasteiger partial charge in [0.1, 0.15) is 47.9 Å². The van der Waals surface area contributed by atoms with Gasteiger partial charge >= 0.3 is 0 Å². The summed E-state index contributed by atoms with van der Waals surface area (Å²) in [6.45, 7) is 2.40. The van der Waals surface area contributed by atoms with Crippen molar-refractivity contribution in [1.82, 2.24) is 5.16 Å². The van der Waals surface area contributed by atoms with Crippen molar-refractivity contribution in [1.29, 1.82) is 5.26 Å². The van der Waals surface area contributed by atoms with E-state index in [4.69, 9.17) is 18.7 Å². The fourth-order valence-corrected chi connectivity index (χ4v) is 3.14. The number of carbonyl (C=O) groups excluding carboxylic acids is 1. The number of nitrogens with zero attached hydrogens (tertiary/aromatic N) is 2. The maximum atomic E-state index is 12.3. The molecule has 3 aromatic rings. The van der Waals surface area contributed by atoms with Crippen LogP contribution in [0.15, 0.2) is 63.1 Å². The van der Waals surface area contributed by atoms with Gasteiger partial charge in [-0.15, -0.1) is 0 Å². The number of ether oxygens (including phenoxy) is 3. The van der Waals surface area contributed by atoms with Crippen LogP contribution in [-0.2, 0) is 4.79 Å². The number of aromatic nitrogens is 1. The van der Waals surface area contributed by atoms with Gasteiger partial charge in [-0.1, -0.05) is 11.2 Å². The molecule has 0 unspecified atom stereocenters. The summed E-state index contributed by atoms with van der Waals surface area (Å²) in [6, 6.07) is 16.0. The van der Waals surface area contributed by atoms with Crippen LogP contribution >= 0.6 is 15.9 Å². The molecule has 1 aromatic heterocycles. The van der Waals surface area contributed by atoms with Crippen molar-refractivity contribution in [3.8, 4) is 23.3 Å². The molecule has 0 spiro atoms. The number of aryl methyl sites for hydroxylation is 1. The van der Waals surface area contributed by atoms with Crippen LogP contribution in [0, 0.1) is 18.3 Å². The van der Waals surface area contributed by atoms with E-state index in [0.29, 0.717) is 34.8 Å². The molecule has 2 aromatic carbocycles. The van der Waals surface area contributed by atoms with E-state index in [1.807, 2.05) is 30.3 Å². The van der Waals surface area contributed by atoms with Crippen LogP contribution in [0.5, 0.6) is 17.2 Å². The second kappa shape index (κ2) is 11.0. The van der Waals surface area contributed by atoms with Gasteiger partial charge in [-0.05, 0) is 70.9 Å². The number of hydrogen-bond acceptors (Lipinski definition) is 7. The van der Waals surface area contributed by atoms with Crippen molar-refractivity contribution in [3.63, 3.8) is 0 Å². The summed E-state index contributed by atoms with van der Waals surface area (Å²) in [5.41, 5.74) is 0.584. The van der Waals surface area contributed by atoms with Crippen molar-refractivity contribution in [2.75, 3.05) is 25.6 Å². The van der Waals surface area contributed by atoms with Crippen LogP contribution in [0.1, 0.15) is 11.3 Å². The zero-order valence-electron chi connectivity index (χ0n) is 17.4. The van der Waals surface area contributed by atoms with Crippen molar-refractivity contribution >= 4 is 33.7 Å². The second-order valence-corrected chi connectivity index (χ2v) is 7.36. The van der Waals surface area contributed by atoms with Crippen LogP contribution in [0.2, 0.25) is 0 Å². The smallest absolute Gasteiger partial charge is 0.267 e. The summed E-state index contributed by atoms with van der Waals surface area (Å²) in [4.78, 5) is 12.3. The lowest BCUT2D eigenvalue weighted by molar-refractivity contribution is -0.112. The number of anilines is 1. The Morgan fingerprint density at radius 2 is 1.88 bits per heavy atom. The fraction of sp³-hybridized carbons (Fsp3) is 0.174. The molecule has 1 amide bonds. The minimum absolute atomic E-state index is 0.0703. The van der Waals surface area contributed by atoms with Crippen LogP contribution < -0.4 is 19.5 Å². The molecular weight excluding hydrogens is 478 g/mol. The molecule has 1 N–H and O–H groups in total. The first-order valence-corrected chi connectivity index (χ1v) is 10.3. The minimum atomic E-state index is -0.576. The van der Waals surface area contributed by atoms with Gasteiger partial charge in [-0.2, -0.15) is 5.26 Å². The van der Waals surface area contributed by atoms with Crippen LogP contribution in [0.4, 0.5) is 5.82 Å². The van der Waals surface area contributed by atoms with E-state index < -0.39 is 5.91 Å². The number of methoxy groups -OCH3 is 1. The molecule has 0 bridgehead atoms. The fourth-order valence-electron chi connectivity index (χ4n) is 2.63. The average Bonchev–Trinajstić information content (AvgIpc) is 3.20. The third-order valence-corrected chi connectivity index (χ3v) is 4.79. The number of rotatable bonds is 9. The van der Waals surface area contributed by atoms with Gasteiger partial charge in [0.25, 0.3) is 5.91 Å². The summed E-state index contributed by atoms with van der Waals surface area (Å²) < 4.78 is 22.1. The highest BCUT2D eigenvalue weighted by Crippen LogP contribution is 2.27. The largest absolute Gasteiger partial charge is 0.497 e. The van der Waals surface area contributed by atoms with Crippen molar-refractivity contribution in [3.05, 3.63) is 69.9 Å². The van der Waals surface area contributed by atoms with Gasteiger partial charge in [-0.3, -0.25) is 4.79 Å². The second-order valence-electron chi connectivity index (χ2n) is 6.51. The zero-order valence-corrected chi connectivity index (χ0v) is 19.0. The lowest BCUT2D eigenvalue weighted by Crippen LogP contribution is -2.13. The number of amides is 1. The number of hydrogen-bond donors (Lipinski definition) is 1. The third-order valence-electron chi connectivity index (χ3n) is 4.17. The van der Waals surface area contributed by atoms with E-state index in [9.17, 15) is 10.1 Å². The molecule has 9 heteroatoms. The van der Waals surface area contributed by atoms with Gasteiger partial charge in [0.05, 0.1) is 11.6 Å². The molecule has 0 saturated carbocycles. The van der Waals surface area contributed by atoms with Gasteiger partial charge < -0.3 is 24.1 Å². The van der Waals surface area contributed by atoms with E-state index in [1.54, 1.807) is 38.3 Å². The lowest BCUT2D eigenvalue weighted by Gasteiger charge is -2.10. The Labute approximate surface area is 193 Å². The van der Waals surface area contributed by atoms with Crippen molar-refractivity contribution in [2.24, 2.45) is 0 Å². The number of nitriles is 1. The monoisotopic (exact) mass is 497 g/mol. The summed E-state index contributed by atoms with van der Waals surface area (Å²) in [7, 11) is 1.61. The van der Waals surface area contributed by atoms with E-state index >= 15 is 0 Å². The minimum Gasteiger partial charge on any atom is -0.497 e. The Bertz CT molecular complexity index is 1150. The van der Waals surface area contributed by atoms with E-state index in [0.717, 1.165) is 11.5 Å². The highest BCUT2D eigenvalue weighted by atomic mass is 79.9. The van der Waals surface area contributed by atoms with Gasteiger partial charge in [0, 0.05) is 6.07 Å². The molecular formula is C23H20BrN3O5. The first-order chi connectivity index (χ1) is 15.5. The van der Waals surface area contributed by atoms with Crippen molar-refractivity contribution in [2.45, 2.75) is 6.92 Å². The first kappa shape index (κ1) is 22.9. The summed E-state index contributed by atoms with van der Waals surface area (Å²) in [5.74, 6) is 2.32. The molecule has 0 aliphatic rings. The molecule has 8 nitrogen and oxygen atoms in total. The maximum absolute atomic E-state index is 12.3. The SMILES string of the molecule is COc1ccc(OCCOc2ccc(C=C(C#N)C(=O)Nc3cc(C)on3)cc2Br)cc1. The standard InChI is InChI=1S/C23H20BrN3O5/c1-15-11-22(27-32-15)26-23(28)17(14-25)12-16-3-8-21(20(24)13-16)31-10-9-30-19-6-4-18(29-2)5-7-19/h3-8,11-13H,9-10H2,1-2H3,(H,26,27,28). The normalized spacial score (nSPS) is 10.9. The average molecular weight is 498 g/mol. The highest BCUT2D eigenvalue weighted by molar-refractivity contribution is 9.10. The highest BCUT2D eigenvalue weighted by Gasteiger charge is 2.12. The Morgan fingerprint density at radius 3 is 2.50 bits per heavy atom. The Balaban J connectivity index is 1.55. The third kappa shape index (κ3) is 6.36. The predicted octanol–water partition coefficient (Wildman–Crippen LogP) is 4.76. The molecule has 0 aliphatic heterocycles. The van der Waals surface area contributed by atoms with Crippen molar-refractivity contribution < 1.29 is 23.5 Å². The summed E-state index contributed by atoms with van der Waals surface area (Å²) >= 11 is 3.45. The molecule has 3 rings (SSSR count). The quantitative estimate of drug-likeness (QED) is 0.258. The summed E-state index contributed by atoms with van der Waals surface area (Å²) in [5, 5.41) is 15.6. The summed E-state index contributed by atoms with van der Waals surface area (Å²) in [6.07, 6.45) is 1.48. The Hall–Kier alpha value is -3.77. The number of nitrogens with one attached hydrogen (secondary N) is 1. The molecule has 0 saturated heterocycles. The maximum Gasteiger partial charge on any atom is 0.267 e. The molecule has 0 radical (unpaired) electrons. The predicted molar refractivity (Wildman–Crippen MR) is 122 cm³/mol. The number of halogens is 1. The molecule has 164 valence electrons. The molecule has 0 fully saturated rings. The van der Waals surface area contributed by atoms with E-state index in [1.165, 1.54) is 6.08 Å². The van der Waals surface area contributed by atoms with Gasteiger partial charge in [0.2, 0.25) is 0 Å². The van der Waals surface area contributed by atoms with Crippen LogP contribution in [-0.4, -0.2) is 31.4 Å². The first-order valence-electron chi connectivity index (χ1n) is 9.54. The Kier molecular flexibility index (Phi) is 7.89. The lowest BCUT2D eigenvalue weighted by atomic mass is 10.1. The van der Waals surface area contributed by atoms with E-state index in [-0.39, 0.29) is 11.4 Å². The number of benzene rings is 2. The van der Waals surface area contributed by atoms with Gasteiger partial charge in [0.15, 0.2) is 5.82 Å². The molecule has 32 heavy (non-hydrogen) atoms. The topological polar surface area (TPSA) is 107 Å². The molecule has 0 aliphatic carbocycles. The molecule has 1 heterocycles. The van der Waals surface area contributed by atoms with E-state index in [2.05, 4.69) is 26.4 Å². The Morgan fingerprint density at radius 1 is 1.16 bits per heavy atom. The van der Waals surface area contributed by atoms with Gasteiger partial charge in [-0.25, -0.2) is 0 Å². The zero-order chi connectivity index (χ0) is 22.9. The number of carbonyl (C=O) groups is 1. The van der Waals surface area contributed by atoms with Crippen LogP contribution in [0.3, 0.4) is 0 Å². The molecule has 0 atom stereocenters.